The van der Waals surface area contributed by atoms with E-state index in [0.29, 0.717) is 18.8 Å². The molecule has 1 aliphatic heterocycles. The fourth-order valence-corrected chi connectivity index (χ4v) is 2.69. The lowest BCUT2D eigenvalue weighted by molar-refractivity contribution is -0.274. The van der Waals surface area contributed by atoms with Crippen LogP contribution in [0.1, 0.15) is 0 Å². The fourth-order valence-electron chi connectivity index (χ4n) is 2.18. The van der Waals surface area contributed by atoms with Crippen LogP contribution >= 0.6 is 11.3 Å². The first kappa shape index (κ1) is 15.9. The summed E-state index contributed by atoms with van der Waals surface area (Å²) in [7, 11) is 0. The first-order valence-corrected chi connectivity index (χ1v) is 7.73. The number of hydroxylamine groups is 2. The largest absolute Gasteiger partial charge is 0.573 e. The topological polar surface area (TPSA) is 37.8 Å². The number of piperazine rings is 1. The molecule has 9 heteroatoms. The van der Waals surface area contributed by atoms with E-state index >= 15 is 0 Å². The van der Waals surface area contributed by atoms with Crippen molar-refractivity contribution in [2.45, 2.75) is 6.36 Å². The van der Waals surface area contributed by atoms with Gasteiger partial charge in [0.2, 0.25) is 0 Å². The third-order valence-corrected chi connectivity index (χ3v) is 3.76. The van der Waals surface area contributed by atoms with E-state index in [-0.39, 0.29) is 5.75 Å². The van der Waals surface area contributed by atoms with Gasteiger partial charge in [-0.05, 0) is 24.3 Å². The highest BCUT2D eigenvalue weighted by atomic mass is 32.1. The van der Waals surface area contributed by atoms with Crippen molar-refractivity contribution >= 4 is 17.2 Å². The van der Waals surface area contributed by atoms with Gasteiger partial charge in [-0.1, -0.05) is 0 Å². The van der Waals surface area contributed by atoms with Crippen LogP contribution in [0.25, 0.3) is 0 Å². The number of benzene rings is 1. The van der Waals surface area contributed by atoms with Crippen LogP contribution in [-0.4, -0.2) is 42.6 Å². The van der Waals surface area contributed by atoms with E-state index in [4.69, 9.17) is 4.84 Å². The number of aromatic nitrogens is 1. The lowest BCUT2D eigenvalue weighted by atomic mass is 10.3. The van der Waals surface area contributed by atoms with Gasteiger partial charge in [0.1, 0.15) is 17.3 Å². The molecular weight excluding hydrogens is 331 g/mol. The van der Waals surface area contributed by atoms with Crippen LogP contribution in [0, 0.1) is 5.51 Å². The summed E-state index contributed by atoms with van der Waals surface area (Å²) in [4.78, 5) is 11.9. The smallest absolute Gasteiger partial charge is 0.406 e. The molecule has 0 saturated carbocycles. The van der Waals surface area contributed by atoms with Crippen LogP contribution < -0.4 is 14.5 Å². The Kier molecular flexibility index (Phi) is 4.58. The molecule has 0 aliphatic carbocycles. The monoisotopic (exact) mass is 344 g/mol. The molecule has 1 aliphatic rings. The Bertz CT molecular complexity index is 611. The second-order valence-electron chi connectivity index (χ2n) is 4.82. The van der Waals surface area contributed by atoms with Gasteiger partial charge in [0.25, 0.3) is 0 Å². The Morgan fingerprint density at radius 2 is 1.70 bits per heavy atom. The molecule has 0 bridgehead atoms. The van der Waals surface area contributed by atoms with Gasteiger partial charge in [0.15, 0.2) is 5.51 Å². The minimum atomic E-state index is -4.69. The van der Waals surface area contributed by atoms with Crippen molar-refractivity contribution in [3.05, 3.63) is 35.2 Å². The maximum Gasteiger partial charge on any atom is 0.573 e. The highest BCUT2D eigenvalue weighted by Gasteiger charge is 2.31. The lowest BCUT2D eigenvalue weighted by Gasteiger charge is -2.34. The molecule has 23 heavy (non-hydrogen) atoms. The van der Waals surface area contributed by atoms with E-state index in [2.05, 4.69) is 20.1 Å². The SMILES string of the molecule is FC(F)(F)Oc1ccc(ON2CCN(c3cs[c]n3)CC2)cc1. The Hall–Kier alpha value is -2.00. The molecule has 2 heterocycles. The van der Waals surface area contributed by atoms with Crippen molar-refractivity contribution in [2.75, 3.05) is 31.1 Å². The summed E-state index contributed by atoms with van der Waals surface area (Å²) in [6.45, 7) is 2.84. The van der Waals surface area contributed by atoms with Gasteiger partial charge in [-0.15, -0.1) is 29.6 Å². The van der Waals surface area contributed by atoms with Crippen LogP contribution in [0.15, 0.2) is 29.6 Å². The lowest BCUT2D eigenvalue weighted by Crippen LogP contribution is -2.47. The molecular formula is C14H13F3N3O2S. The average molecular weight is 344 g/mol. The maximum atomic E-state index is 12.1. The second-order valence-corrected chi connectivity index (χ2v) is 5.48. The zero-order chi connectivity index (χ0) is 16.3. The molecule has 3 rings (SSSR count). The molecule has 1 radical (unpaired) electrons. The van der Waals surface area contributed by atoms with Crippen molar-refractivity contribution in [3.63, 3.8) is 0 Å². The van der Waals surface area contributed by atoms with Crippen LogP contribution in [0.4, 0.5) is 19.0 Å². The molecule has 1 saturated heterocycles. The quantitative estimate of drug-likeness (QED) is 0.853. The first-order valence-electron chi connectivity index (χ1n) is 6.85. The Balaban J connectivity index is 1.50. The number of rotatable bonds is 4. The molecule has 0 amide bonds. The number of hydrogen-bond donors (Lipinski definition) is 0. The predicted molar refractivity (Wildman–Crippen MR) is 78.5 cm³/mol. The van der Waals surface area contributed by atoms with Gasteiger partial charge in [-0.25, -0.2) is 4.98 Å². The minimum Gasteiger partial charge on any atom is -0.406 e. The number of halogens is 3. The van der Waals surface area contributed by atoms with E-state index in [1.807, 2.05) is 5.38 Å². The summed E-state index contributed by atoms with van der Waals surface area (Å²) in [5.41, 5.74) is 2.81. The Morgan fingerprint density at radius 1 is 1.04 bits per heavy atom. The first-order chi connectivity index (χ1) is 11.0. The number of ether oxygens (including phenoxy) is 1. The molecule has 5 nitrogen and oxygen atoms in total. The summed E-state index contributed by atoms with van der Waals surface area (Å²) in [5.74, 6) is 1.10. The van der Waals surface area contributed by atoms with Gasteiger partial charge in [-0.2, -0.15) is 0 Å². The highest BCUT2D eigenvalue weighted by Crippen LogP contribution is 2.25. The van der Waals surface area contributed by atoms with Gasteiger partial charge < -0.3 is 14.5 Å². The standard InChI is InChI=1S/C14H13F3N3O2S/c15-14(16,17)21-11-1-3-12(4-2-11)22-20-7-5-19(6-8-20)13-9-23-10-18-13/h1-4,9H,5-8H2. The summed E-state index contributed by atoms with van der Waals surface area (Å²) >= 11 is 1.43. The summed E-state index contributed by atoms with van der Waals surface area (Å²) in [6.07, 6.45) is -4.69. The zero-order valence-electron chi connectivity index (χ0n) is 11.9. The zero-order valence-corrected chi connectivity index (χ0v) is 12.7. The van der Waals surface area contributed by atoms with E-state index in [1.54, 1.807) is 5.06 Å². The molecule has 2 aromatic rings. The Morgan fingerprint density at radius 3 is 2.26 bits per heavy atom. The second kappa shape index (κ2) is 6.63. The van der Waals surface area contributed by atoms with Crippen molar-refractivity contribution < 1.29 is 22.7 Å². The predicted octanol–water partition coefficient (Wildman–Crippen LogP) is 2.96. The Labute approximate surface area is 134 Å². The molecule has 0 N–H and O–H groups in total. The minimum absolute atomic E-state index is 0.269. The van der Waals surface area contributed by atoms with E-state index in [0.717, 1.165) is 18.9 Å². The van der Waals surface area contributed by atoms with Crippen LogP contribution in [0.5, 0.6) is 11.5 Å². The summed E-state index contributed by atoms with van der Waals surface area (Å²) < 4.78 is 40.1. The van der Waals surface area contributed by atoms with Crippen LogP contribution in [0.3, 0.4) is 0 Å². The number of hydrogen-bond acceptors (Lipinski definition) is 6. The van der Waals surface area contributed by atoms with Crippen molar-refractivity contribution in [2.24, 2.45) is 0 Å². The van der Waals surface area contributed by atoms with E-state index in [1.165, 1.54) is 35.6 Å². The molecule has 1 aromatic heterocycles. The normalized spacial score (nSPS) is 16.4. The third-order valence-electron chi connectivity index (χ3n) is 3.23. The fraction of sp³-hybridized carbons (Fsp3) is 0.357. The molecule has 0 unspecified atom stereocenters. The van der Waals surface area contributed by atoms with Gasteiger partial charge in [-0.3, -0.25) is 0 Å². The van der Waals surface area contributed by atoms with Crippen LogP contribution in [-0.2, 0) is 0 Å². The maximum absolute atomic E-state index is 12.1. The number of thiazole rings is 1. The average Bonchev–Trinajstić information content (AvgIpc) is 3.03. The van der Waals surface area contributed by atoms with Gasteiger partial charge >= 0.3 is 6.36 Å². The van der Waals surface area contributed by atoms with E-state index in [9.17, 15) is 13.2 Å². The molecule has 0 atom stereocenters. The number of alkyl halides is 3. The third kappa shape index (κ3) is 4.49. The van der Waals surface area contributed by atoms with Crippen LogP contribution in [0.2, 0.25) is 0 Å². The molecule has 1 fully saturated rings. The summed E-state index contributed by atoms with van der Waals surface area (Å²) in [6, 6.07) is 5.35. The number of nitrogens with zero attached hydrogens (tertiary/aromatic N) is 3. The van der Waals surface area contributed by atoms with Crippen molar-refractivity contribution in [1.82, 2.24) is 10.0 Å². The van der Waals surface area contributed by atoms with Crippen molar-refractivity contribution in [3.8, 4) is 11.5 Å². The van der Waals surface area contributed by atoms with Gasteiger partial charge in [0, 0.05) is 18.5 Å². The molecule has 123 valence electrons. The molecule has 1 aromatic carbocycles. The van der Waals surface area contributed by atoms with Gasteiger partial charge in [0.05, 0.1) is 13.1 Å². The molecule has 0 spiro atoms. The number of anilines is 1. The summed E-state index contributed by atoms with van der Waals surface area (Å²) in [5, 5.41) is 3.71. The highest BCUT2D eigenvalue weighted by molar-refractivity contribution is 7.07. The van der Waals surface area contributed by atoms with Crippen molar-refractivity contribution in [1.29, 1.82) is 0 Å². The van der Waals surface area contributed by atoms with E-state index < -0.39 is 6.36 Å².